The molecule has 0 aliphatic carbocycles. The molecular weight excluding hydrogens is 248 g/mol. The number of rotatable bonds is 2. The summed E-state index contributed by atoms with van der Waals surface area (Å²) in [7, 11) is 0. The Morgan fingerprint density at radius 3 is 2.84 bits per heavy atom. The van der Waals surface area contributed by atoms with Gasteiger partial charge in [-0.25, -0.2) is 9.48 Å². The maximum Gasteiger partial charge on any atom is 0.350 e. The number of aromatic nitrogens is 3. The summed E-state index contributed by atoms with van der Waals surface area (Å²) in [5.74, 6) is -0.103. The van der Waals surface area contributed by atoms with Crippen molar-refractivity contribution in [1.29, 1.82) is 0 Å². The van der Waals surface area contributed by atoms with Crippen LogP contribution in [0.5, 0.6) is 0 Å². The van der Waals surface area contributed by atoms with Gasteiger partial charge in [-0.15, -0.1) is 5.10 Å². The van der Waals surface area contributed by atoms with Crippen molar-refractivity contribution in [3.63, 3.8) is 0 Å². The summed E-state index contributed by atoms with van der Waals surface area (Å²) in [5, 5.41) is 4.14. The lowest BCUT2D eigenvalue weighted by atomic mass is 10.4. The lowest BCUT2D eigenvalue weighted by Crippen LogP contribution is -2.43. The van der Waals surface area contributed by atoms with E-state index < -0.39 is 0 Å². The van der Waals surface area contributed by atoms with Gasteiger partial charge in [0.2, 0.25) is 5.91 Å². The van der Waals surface area contributed by atoms with Crippen molar-refractivity contribution >= 4 is 11.6 Å². The van der Waals surface area contributed by atoms with E-state index in [2.05, 4.69) is 5.10 Å². The first-order valence-corrected chi connectivity index (χ1v) is 6.15. The fourth-order valence-electron chi connectivity index (χ4n) is 2.11. The predicted octanol–water partition coefficient (Wildman–Crippen LogP) is -0.645. The van der Waals surface area contributed by atoms with Crippen molar-refractivity contribution in [2.24, 2.45) is 0 Å². The molecule has 2 aromatic rings. The van der Waals surface area contributed by atoms with E-state index in [0.29, 0.717) is 32.0 Å². The number of hydrogen-bond donors (Lipinski definition) is 0. The second-order valence-corrected chi connectivity index (χ2v) is 4.36. The summed E-state index contributed by atoms with van der Waals surface area (Å²) in [6.07, 6.45) is 1.64. The first-order chi connectivity index (χ1) is 9.25. The zero-order chi connectivity index (χ0) is 13.2. The molecule has 0 saturated carbocycles. The first kappa shape index (κ1) is 11.9. The van der Waals surface area contributed by atoms with Crippen molar-refractivity contribution in [2.45, 2.75) is 6.54 Å². The lowest BCUT2D eigenvalue weighted by Gasteiger charge is -2.26. The lowest BCUT2D eigenvalue weighted by molar-refractivity contribution is -0.136. The largest absolute Gasteiger partial charge is 0.378 e. The van der Waals surface area contributed by atoms with E-state index in [4.69, 9.17) is 4.74 Å². The fourth-order valence-corrected chi connectivity index (χ4v) is 2.11. The maximum absolute atomic E-state index is 12.1. The number of carbonyl (C=O) groups excluding carboxylic acids is 1. The Kier molecular flexibility index (Phi) is 3.04. The van der Waals surface area contributed by atoms with E-state index in [-0.39, 0.29) is 18.1 Å². The maximum atomic E-state index is 12.1. The Balaban J connectivity index is 1.83. The molecule has 19 heavy (non-hydrogen) atoms. The molecular formula is C12H14N4O3. The fraction of sp³-hybridized carbons (Fsp3) is 0.417. The van der Waals surface area contributed by atoms with Gasteiger partial charge in [0.25, 0.3) is 0 Å². The van der Waals surface area contributed by atoms with E-state index in [0.717, 1.165) is 0 Å². The molecule has 1 saturated heterocycles. The molecule has 1 aliphatic heterocycles. The molecule has 1 aliphatic rings. The van der Waals surface area contributed by atoms with Gasteiger partial charge < -0.3 is 9.64 Å². The normalized spacial score (nSPS) is 15.9. The van der Waals surface area contributed by atoms with Crippen molar-refractivity contribution in [2.75, 3.05) is 26.3 Å². The van der Waals surface area contributed by atoms with Gasteiger partial charge in [0.1, 0.15) is 6.54 Å². The van der Waals surface area contributed by atoms with Gasteiger partial charge in [-0.1, -0.05) is 6.07 Å². The molecule has 3 rings (SSSR count). The quantitative estimate of drug-likeness (QED) is 0.721. The zero-order valence-electron chi connectivity index (χ0n) is 10.4. The summed E-state index contributed by atoms with van der Waals surface area (Å²) < 4.78 is 7.81. The number of ether oxygens (including phenoxy) is 1. The van der Waals surface area contributed by atoms with Crippen LogP contribution in [0.15, 0.2) is 29.2 Å². The van der Waals surface area contributed by atoms with E-state index in [1.807, 2.05) is 0 Å². The average Bonchev–Trinajstić information content (AvgIpc) is 2.77. The third-order valence-electron chi connectivity index (χ3n) is 3.14. The highest BCUT2D eigenvalue weighted by Gasteiger charge is 2.18. The molecule has 0 atom stereocenters. The smallest absolute Gasteiger partial charge is 0.350 e. The second-order valence-electron chi connectivity index (χ2n) is 4.36. The highest BCUT2D eigenvalue weighted by Crippen LogP contribution is 2.00. The van der Waals surface area contributed by atoms with E-state index >= 15 is 0 Å². The molecule has 3 heterocycles. The highest BCUT2D eigenvalue weighted by molar-refractivity contribution is 5.76. The minimum atomic E-state index is -0.294. The molecule has 0 N–H and O–H groups in total. The molecule has 0 bridgehead atoms. The number of pyridine rings is 1. The van der Waals surface area contributed by atoms with Gasteiger partial charge in [-0.2, -0.15) is 0 Å². The molecule has 1 fully saturated rings. The van der Waals surface area contributed by atoms with E-state index in [1.165, 1.54) is 9.08 Å². The molecule has 0 radical (unpaired) electrons. The van der Waals surface area contributed by atoms with Crippen LogP contribution in [0.4, 0.5) is 0 Å². The van der Waals surface area contributed by atoms with Crippen LogP contribution in [0, 0.1) is 0 Å². The van der Waals surface area contributed by atoms with Crippen LogP contribution >= 0.6 is 0 Å². The molecule has 7 nitrogen and oxygen atoms in total. The van der Waals surface area contributed by atoms with Crippen LogP contribution in [-0.2, 0) is 16.1 Å². The number of carbonyl (C=O) groups is 1. The standard InChI is InChI=1S/C12H14N4O3/c17-11(14-5-7-19-8-6-14)9-16-12(18)15-4-2-1-3-10(15)13-16/h1-4H,5-9H2. The number of amides is 1. The molecule has 1 amide bonds. The van der Waals surface area contributed by atoms with Gasteiger partial charge in [0.05, 0.1) is 13.2 Å². The molecule has 100 valence electrons. The topological polar surface area (TPSA) is 68.8 Å². The van der Waals surface area contributed by atoms with Crippen LogP contribution in [0.25, 0.3) is 5.65 Å². The Hall–Kier alpha value is -2.15. The first-order valence-electron chi connectivity index (χ1n) is 6.15. The number of hydrogen-bond acceptors (Lipinski definition) is 4. The van der Waals surface area contributed by atoms with Crippen molar-refractivity contribution in [1.82, 2.24) is 19.1 Å². The van der Waals surface area contributed by atoms with Crippen LogP contribution < -0.4 is 5.69 Å². The molecule has 2 aromatic heterocycles. The number of nitrogens with zero attached hydrogens (tertiary/aromatic N) is 4. The summed E-state index contributed by atoms with van der Waals surface area (Å²) in [5.41, 5.74) is 0.250. The highest BCUT2D eigenvalue weighted by atomic mass is 16.5. The summed E-state index contributed by atoms with van der Waals surface area (Å²) in [4.78, 5) is 25.8. The Morgan fingerprint density at radius 2 is 2.11 bits per heavy atom. The average molecular weight is 262 g/mol. The van der Waals surface area contributed by atoms with Crippen LogP contribution in [0.2, 0.25) is 0 Å². The summed E-state index contributed by atoms with van der Waals surface area (Å²) in [6.45, 7) is 2.21. The predicted molar refractivity (Wildman–Crippen MR) is 66.9 cm³/mol. The number of fused-ring (bicyclic) bond motifs is 1. The third kappa shape index (κ3) is 2.24. The van der Waals surface area contributed by atoms with Crippen molar-refractivity contribution in [3.05, 3.63) is 34.9 Å². The minimum Gasteiger partial charge on any atom is -0.378 e. The Morgan fingerprint density at radius 1 is 1.32 bits per heavy atom. The van der Waals surface area contributed by atoms with Gasteiger partial charge in [-0.3, -0.25) is 9.20 Å². The van der Waals surface area contributed by atoms with E-state index in [9.17, 15) is 9.59 Å². The van der Waals surface area contributed by atoms with Crippen molar-refractivity contribution < 1.29 is 9.53 Å². The van der Waals surface area contributed by atoms with Gasteiger partial charge in [0, 0.05) is 19.3 Å². The molecule has 0 aromatic carbocycles. The van der Waals surface area contributed by atoms with E-state index in [1.54, 1.807) is 29.3 Å². The SMILES string of the molecule is O=C(Cn1nc2ccccn2c1=O)N1CCOCC1. The Bertz CT molecular complexity index is 654. The molecule has 0 unspecified atom stereocenters. The monoisotopic (exact) mass is 262 g/mol. The summed E-state index contributed by atoms with van der Waals surface area (Å²) in [6, 6.07) is 5.29. The van der Waals surface area contributed by atoms with Gasteiger partial charge in [0.15, 0.2) is 5.65 Å². The minimum absolute atomic E-state index is 0.0273. The van der Waals surface area contributed by atoms with Gasteiger partial charge in [-0.05, 0) is 12.1 Å². The van der Waals surface area contributed by atoms with Crippen LogP contribution in [0.1, 0.15) is 0 Å². The Labute approximate surface area is 109 Å². The molecule has 0 spiro atoms. The second kappa shape index (κ2) is 4.85. The van der Waals surface area contributed by atoms with Crippen LogP contribution in [0.3, 0.4) is 0 Å². The summed E-state index contributed by atoms with van der Waals surface area (Å²) >= 11 is 0. The van der Waals surface area contributed by atoms with Gasteiger partial charge >= 0.3 is 5.69 Å². The van der Waals surface area contributed by atoms with Crippen LogP contribution in [-0.4, -0.2) is 51.3 Å². The third-order valence-corrected chi connectivity index (χ3v) is 3.14. The zero-order valence-corrected chi connectivity index (χ0v) is 10.4. The molecule has 7 heteroatoms. The number of morpholine rings is 1. The van der Waals surface area contributed by atoms with Crippen molar-refractivity contribution in [3.8, 4) is 0 Å².